The average Bonchev–Trinajstić information content (AvgIpc) is 2.91. The molecule has 0 saturated heterocycles. The van der Waals surface area contributed by atoms with Crippen LogP contribution in [0.15, 0.2) is 29.8 Å². The number of anilines is 1. The number of hydrogen-bond acceptors (Lipinski definition) is 4. The van der Waals surface area contributed by atoms with Crippen LogP contribution in [0.2, 0.25) is 5.02 Å². The van der Waals surface area contributed by atoms with Crippen molar-refractivity contribution in [1.29, 1.82) is 5.26 Å². The predicted molar refractivity (Wildman–Crippen MR) is 75.1 cm³/mol. The summed E-state index contributed by atoms with van der Waals surface area (Å²) in [7, 11) is 1.93. The van der Waals surface area contributed by atoms with Crippen molar-refractivity contribution in [2.24, 2.45) is 0 Å². The molecule has 5 heteroatoms. The molecule has 2 aromatic heterocycles. The summed E-state index contributed by atoms with van der Waals surface area (Å²) in [5.41, 5.74) is 0.451. The Labute approximate surface area is 115 Å². The minimum Gasteiger partial charge on any atom is -0.351 e. The molecular formula is C13H12ClN3S. The van der Waals surface area contributed by atoms with E-state index in [4.69, 9.17) is 16.9 Å². The fourth-order valence-electron chi connectivity index (χ4n) is 1.67. The zero-order valence-corrected chi connectivity index (χ0v) is 11.7. The minimum atomic E-state index is 0.170. The normalized spacial score (nSPS) is 11.9. The van der Waals surface area contributed by atoms with Crippen LogP contribution in [0.5, 0.6) is 0 Å². The SMILES string of the molecule is CC(c1cccs1)N(C)c1nccc(C#N)c1Cl. The molecule has 3 nitrogen and oxygen atoms in total. The van der Waals surface area contributed by atoms with Gasteiger partial charge in [0, 0.05) is 18.1 Å². The second-order valence-corrected chi connectivity index (χ2v) is 5.27. The van der Waals surface area contributed by atoms with Crippen molar-refractivity contribution in [3.05, 3.63) is 45.2 Å². The van der Waals surface area contributed by atoms with E-state index in [1.807, 2.05) is 23.4 Å². The van der Waals surface area contributed by atoms with Crippen LogP contribution in [0, 0.1) is 11.3 Å². The van der Waals surface area contributed by atoms with Crippen molar-refractivity contribution < 1.29 is 0 Å². The van der Waals surface area contributed by atoms with Crippen molar-refractivity contribution in [3.63, 3.8) is 0 Å². The van der Waals surface area contributed by atoms with Crippen LogP contribution in [-0.4, -0.2) is 12.0 Å². The second kappa shape index (κ2) is 5.38. The lowest BCUT2D eigenvalue weighted by Gasteiger charge is -2.26. The van der Waals surface area contributed by atoms with E-state index in [2.05, 4.69) is 24.0 Å². The molecule has 2 aromatic rings. The Hall–Kier alpha value is -1.57. The van der Waals surface area contributed by atoms with Gasteiger partial charge in [-0.1, -0.05) is 17.7 Å². The fraction of sp³-hybridized carbons (Fsp3) is 0.231. The molecule has 0 aliphatic carbocycles. The Bertz CT molecular complexity index is 574. The molecule has 0 bridgehead atoms. The van der Waals surface area contributed by atoms with Crippen molar-refractivity contribution >= 4 is 28.8 Å². The van der Waals surface area contributed by atoms with Crippen molar-refractivity contribution in [3.8, 4) is 6.07 Å². The predicted octanol–water partition coefficient (Wildman–Crippen LogP) is 3.87. The molecule has 0 fully saturated rings. The zero-order chi connectivity index (χ0) is 13.1. The van der Waals surface area contributed by atoms with Crippen molar-refractivity contribution in [2.75, 3.05) is 11.9 Å². The molecule has 0 aliphatic rings. The lowest BCUT2D eigenvalue weighted by atomic mass is 10.2. The minimum absolute atomic E-state index is 0.170. The highest BCUT2D eigenvalue weighted by atomic mass is 35.5. The monoisotopic (exact) mass is 277 g/mol. The third-order valence-corrected chi connectivity index (χ3v) is 4.28. The van der Waals surface area contributed by atoms with E-state index in [0.29, 0.717) is 16.4 Å². The van der Waals surface area contributed by atoms with E-state index < -0.39 is 0 Å². The molecule has 2 rings (SSSR count). The first-order valence-corrected chi connectivity index (χ1v) is 6.71. The third-order valence-electron chi connectivity index (χ3n) is 2.86. The molecular weight excluding hydrogens is 266 g/mol. The molecule has 92 valence electrons. The van der Waals surface area contributed by atoms with Gasteiger partial charge in [-0.15, -0.1) is 11.3 Å². The summed E-state index contributed by atoms with van der Waals surface area (Å²) in [5, 5.41) is 11.4. The first-order chi connectivity index (χ1) is 8.65. The van der Waals surface area contributed by atoms with Crippen LogP contribution >= 0.6 is 22.9 Å². The molecule has 0 aromatic carbocycles. The highest BCUT2D eigenvalue weighted by Crippen LogP contribution is 2.32. The van der Waals surface area contributed by atoms with E-state index in [1.165, 1.54) is 4.88 Å². The number of hydrogen-bond donors (Lipinski definition) is 0. The topological polar surface area (TPSA) is 39.9 Å². The molecule has 0 saturated carbocycles. The lowest BCUT2D eigenvalue weighted by Crippen LogP contribution is -2.22. The fourth-order valence-corrected chi connectivity index (χ4v) is 2.78. The summed E-state index contributed by atoms with van der Waals surface area (Å²) in [4.78, 5) is 7.48. The highest BCUT2D eigenvalue weighted by molar-refractivity contribution is 7.10. The number of halogens is 1. The molecule has 0 amide bonds. The van der Waals surface area contributed by atoms with Crippen molar-refractivity contribution in [2.45, 2.75) is 13.0 Å². The molecule has 0 radical (unpaired) electrons. The average molecular weight is 278 g/mol. The van der Waals surface area contributed by atoms with Crippen LogP contribution in [0.25, 0.3) is 0 Å². The Balaban J connectivity index is 2.35. The van der Waals surface area contributed by atoms with Crippen molar-refractivity contribution in [1.82, 2.24) is 4.98 Å². The molecule has 0 spiro atoms. The number of thiophene rings is 1. The van der Waals surface area contributed by atoms with E-state index in [1.54, 1.807) is 23.6 Å². The van der Waals surface area contributed by atoms with E-state index in [0.717, 1.165) is 0 Å². The summed E-state index contributed by atoms with van der Waals surface area (Å²) in [6.07, 6.45) is 1.61. The molecule has 1 atom stereocenters. The molecule has 2 heterocycles. The summed E-state index contributed by atoms with van der Waals surface area (Å²) in [6.45, 7) is 2.09. The molecule has 18 heavy (non-hydrogen) atoms. The number of nitriles is 1. The van der Waals surface area contributed by atoms with E-state index in [-0.39, 0.29) is 6.04 Å². The molecule has 0 aliphatic heterocycles. The Morgan fingerprint density at radius 1 is 1.50 bits per heavy atom. The first-order valence-electron chi connectivity index (χ1n) is 5.46. The van der Waals surface area contributed by atoms with Gasteiger partial charge < -0.3 is 4.90 Å². The van der Waals surface area contributed by atoms with Gasteiger partial charge in [-0.25, -0.2) is 4.98 Å². The van der Waals surface area contributed by atoms with Crippen LogP contribution in [-0.2, 0) is 0 Å². The van der Waals surface area contributed by atoms with Gasteiger partial charge >= 0.3 is 0 Å². The summed E-state index contributed by atoms with van der Waals surface area (Å²) >= 11 is 7.88. The van der Waals surface area contributed by atoms with Gasteiger partial charge in [0.15, 0.2) is 0 Å². The van der Waals surface area contributed by atoms with Crippen LogP contribution in [0.3, 0.4) is 0 Å². The highest BCUT2D eigenvalue weighted by Gasteiger charge is 2.18. The lowest BCUT2D eigenvalue weighted by molar-refractivity contribution is 0.742. The summed E-state index contributed by atoms with van der Waals surface area (Å²) in [6, 6.07) is 7.96. The van der Waals surface area contributed by atoms with E-state index >= 15 is 0 Å². The third kappa shape index (κ3) is 2.33. The quantitative estimate of drug-likeness (QED) is 0.855. The van der Waals surface area contributed by atoms with Gasteiger partial charge in [0.1, 0.15) is 16.9 Å². The van der Waals surface area contributed by atoms with Gasteiger partial charge in [0.05, 0.1) is 11.6 Å². The maximum absolute atomic E-state index is 8.97. The maximum atomic E-state index is 8.97. The number of pyridine rings is 1. The Morgan fingerprint density at radius 2 is 2.28 bits per heavy atom. The maximum Gasteiger partial charge on any atom is 0.148 e. The first kappa shape index (κ1) is 12.9. The Kier molecular flexibility index (Phi) is 3.85. The molecule has 0 N–H and O–H groups in total. The van der Waals surface area contributed by atoms with Gasteiger partial charge in [-0.05, 0) is 24.4 Å². The zero-order valence-electron chi connectivity index (χ0n) is 10.1. The molecule has 1 unspecified atom stereocenters. The standard InChI is InChI=1S/C13H12ClN3S/c1-9(11-4-3-7-18-11)17(2)13-12(14)10(8-15)5-6-16-13/h3-7,9H,1-2H3. The van der Waals surface area contributed by atoms with E-state index in [9.17, 15) is 0 Å². The van der Waals surface area contributed by atoms with Crippen LogP contribution in [0.1, 0.15) is 23.4 Å². The van der Waals surface area contributed by atoms with Gasteiger partial charge in [-0.2, -0.15) is 5.26 Å². The van der Waals surface area contributed by atoms with Gasteiger partial charge in [0.2, 0.25) is 0 Å². The number of aromatic nitrogens is 1. The summed E-state index contributed by atoms with van der Waals surface area (Å²) in [5.74, 6) is 0.636. The second-order valence-electron chi connectivity index (χ2n) is 3.91. The largest absolute Gasteiger partial charge is 0.351 e. The van der Waals surface area contributed by atoms with Gasteiger partial charge in [-0.3, -0.25) is 0 Å². The Morgan fingerprint density at radius 3 is 2.89 bits per heavy atom. The number of nitrogens with zero attached hydrogens (tertiary/aromatic N) is 3. The number of rotatable bonds is 3. The smallest absolute Gasteiger partial charge is 0.148 e. The van der Waals surface area contributed by atoms with Crippen LogP contribution < -0.4 is 4.90 Å². The van der Waals surface area contributed by atoms with Crippen LogP contribution in [0.4, 0.5) is 5.82 Å². The van der Waals surface area contributed by atoms with Gasteiger partial charge in [0.25, 0.3) is 0 Å². The summed E-state index contributed by atoms with van der Waals surface area (Å²) < 4.78 is 0.